The number of nitrogens with one attached hydrogen (secondary N) is 2. The Morgan fingerprint density at radius 2 is 2.10 bits per heavy atom. The molecular weight excluding hydrogens is 252 g/mol. The largest absolute Gasteiger partial charge is 0.375 e. The second-order valence-electron chi connectivity index (χ2n) is 5.01. The molecule has 4 heteroatoms. The number of ether oxygens (including phenoxy) is 1. The normalized spacial score (nSPS) is 18.9. The number of benzene rings is 2. The number of amides is 1. The van der Waals surface area contributed by atoms with Crippen molar-refractivity contribution < 1.29 is 9.53 Å². The Balaban J connectivity index is 1.64. The molecular formula is C16H18N2O2. The molecule has 1 saturated heterocycles. The summed E-state index contributed by atoms with van der Waals surface area (Å²) in [7, 11) is 0. The number of morpholine rings is 1. The molecule has 2 aromatic carbocycles. The Morgan fingerprint density at radius 1 is 1.25 bits per heavy atom. The van der Waals surface area contributed by atoms with E-state index < -0.39 is 0 Å². The Kier molecular flexibility index (Phi) is 3.95. The summed E-state index contributed by atoms with van der Waals surface area (Å²) in [4.78, 5) is 12.0. The molecule has 0 spiro atoms. The van der Waals surface area contributed by atoms with Crippen LogP contribution in [0.1, 0.15) is 6.42 Å². The third kappa shape index (κ3) is 3.15. The summed E-state index contributed by atoms with van der Waals surface area (Å²) < 4.78 is 5.53. The molecule has 0 saturated carbocycles. The van der Waals surface area contributed by atoms with Crippen LogP contribution in [0.4, 0.5) is 5.69 Å². The molecule has 1 amide bonds. The van der Waals surface area contributed by atoms with Crippen LogP contribution >= 0.6 is 0 Å². The minimum atomic E-state index is -0.0239. The van der Waals surface area contributed by atoms with Gasteiger partial charge in [0.2, 0.25) is 5.91 Å². The number of carbonyl (C=O) groups is 1. The number of anilines is 1. The van der Waals surface area contributed by atoms with E-state index >= 15 is 0 Å². The average Bonchev–Trinajstić information content (AvgIpc) is 2.48. The number of rotatable bonds is 3. The zero-order valence-corrected chi connectivity index (χ0v) is 11.3. The van der Waals surface area contributed by atoms with E-state index in [0.717, 1.165) is 24.2 Å². The van der Waals surface area contributed by atoms with Gasteiger partial charge in [0.05, 0.1) is 19.1 Å². The molecule has 2 aromatic rings. The van der Waals surface area contributed by atoms with E-state index in [-0.39, 0.29) is 12.0 Å². The average molecular weight is 270 g/mol. The van der Waals surface area contributed by atoms with Gasteiger partial charge in [-0.1, -0.05) is 30.3 Å². The van der Waals surface area contributed by atoms with Gasteiger partial charge in [-0.2, -0.15) is 0 Å². The van der Waals surface area contributed by atoms with Crippen molar-refractivity contribution in [2.45, 2.75) is 12.5 Å². The molecule has 0 aliphatic carbocycles. The molecule has 0 aromatic heterocycles. The van der Waals surface area contributed by atoms with Crippen molar-refractivity contribution in [3.05, 3.63) is 42.5 Å². The monoisotopic (exact) mass is 270 g/mol. The minimum absolute atomic E-state index is 0.00557. The molecule has 1 atom stereocenters. The summed E-state index contributed by atoms with van der Waals surface area (Å²) >= 11 is 0. The first-order valence-electron chi connectivity index (χ1n) is 6.92. The highest BCUT2D eigenvalue weighted by atomic mass is 16.5. The van der Waals surface area contributed by atoms with Gasteiger partial charge < -0.3 is 15.4 Å². The lowest BCUT2D eigenvalue weighted by Gasteiger charge is -2.23. The smallest absolute Gasteiger partial charge is 0.227 e. The van der Waals surface area contributed by atoms with E-state index in [1.807, 2.05) is 36.4 Å². The molecule has 4 nitrogen and oxygen atoms in total. The lowest BCUT2D eigenvalue weighted by Crippen LogP contribution is -2.40. The van der Waals surface area contributed by atoms with Crippen LogP contribution < -0.4 is 10.6 Å². The van der Waals surface area contributed by atoms with Gasteiger partial charge in [0, 0.05) is 18.8 Å². The van der Waals surface area contributed by atoms with Gasteiger partial charge in [0.25, 0.3) is 0 Å². The van der Waals surface area contributed by atoms with Crippen LogP contribution in [0, 0.1) is 0 Å². The van der Waals surface area contributed by atoms with Gasteiger partial charge in [-0.05, 0) is 22.9 Å². The fourth-order valence-electron chi connectivity index (χ4n) is 2.44. The molecule has 1 fully saturated rings. The summed E-state index contributed by atoms with van der Waals surface area (Å²) in [5, 5.41) is 8.46. The molecule has 3 rings (SSSR count). The van der Waals surface area contributed by atoms with E-state index in [2.05, 4.69) is 16.7 Å². The van der Waals surface area contributed by atoms with Crippen molar-refractivity contribution in [1.82, 2.24) is 5.32 Å². The lowest BCUT2D eigenvalue weighted by molar-refractivity contribution is -0.119. The zero-order chi connectivity index (χ0) is 13.8. The van der Waals surface area contributed by atoms with E-state index in [9.17, 15) is 4.79 Å². The predicted molar refractivity (Wildman–Crippen MR) is 79.8 cm³/mol. The molecule has 2 N–H and O–H groups in total. The van der Waals surface area contributed by atoms with Crippen LogP contribution in [0.2, 0.25) is 0 Å². The van der Waals surface area contributed by atoms with E-state index in [4.69, 9.17) is 4.74 Å². The summed E-state index contributed by atoms with van der Waals surface area (Å²) in [6.45, 7) is 2.28. The van der Waals surface area contributed by atoms with Crippen LogP contribution in [0.15, 0.2) is 42.5 Å². The Labute approximate surface area is 118 Å². The summed E-state index contributed by atoms with van der Waals surface area (Å²) in [5.41, 5.74) is 0.831. The number of hydrogen-bond acceptors (Lipinski definition) is 3. The molecule has 1 unspecified atom stereocenters. The van der Waals surface area contributed by atoms with Crippen LogP contribution in [0.5, 0.6) is 0 Å². The molecule has 0 radical (unpaired) electrons. The van der Waals surface area contributed by atoms with Crippen molar-refractivity contribution in [2.75, 3.05) is 25.0 Å². The van der Waals surface area contributed by atoms with Gasteiger partial charge in [-0.15, -0.1) is 0 Å². The van der Waals surface area contributed by atoms with Gasteiger partial charge in [0.1, 0.15) is 0 Å². The summed E-state index contributed by atoms with van der Waals surface area (Å²) in [6.07, 6.45) is 0.365. The maximum absolute atomic E-state index is 12.0. The van der Waals surface area contributed by atoms with Crippen LogP contribution in [-0.2, 0) is 9.53 Å². The highest BCUT2D eigenvalue weighted by molar-refractivity contribution is 5.94. The second kappa shape index (κ2) is 6.03. The van der Waals surface area contributed by atoms with Crippen LogP contribution in [-0.4, -0.2) is 31.7 Å². The molecule has 20 heavy (non-hydrogen) atoms. The zero-order valence-electron chi connectivity index (χ0n) is 11.3. The van der Waals surface area contributed by atoms with Gasteiger partial charge >= 0.3 is 0 Å². The van der Waals surface area contributed by atoms with Gasteiger partial charge in [-0.3, -0.25) is 4.79 Å². The molecule has 0 bridgehead atoms. The first kappa shape index (κ1) is 13.1. The first-order valence-corrected chi connectivity index (χ1v) is 6.92. The molecule has 1 aliphatic rings. The number of fused-ring (bicyclic) bond motifs is 1. The van der Waals surface area contributed by atoms with Crippen molar-refractivity contribution in [3.63, 3.8) is 0 Å². The molecule has 1 heterocycles. The second-order valence-corrected chi connectivity index (χ2v) is 5.01. The predicted octanol–water partition coefficient (Wildman–Crippen LogP) is 2.16. The van der Waals surface area contributed by atoms with E-state index in [1.54, 1.807) is 0 Å². The fraction of sp³-hybridized carbons (Fsp3) is 0.312. The van der Waals surface area contributed by atoms with Gasteiger partial charge in [-0.25, -0.2) is 0 Å². The van der Waals surface area contributed by atoms with E-state index in [0.29, 0.717) is 13.0 Å². The van der Waals surface area contributed by atoms with E-state index in [1.165, 1.54) is 5.39 Å². The first-order chi connectivity index (χ1) is 9.81. The molecule has 1 aliphatic heterocycles. The van der Waals surface area contributed by atoms with Gasteiger partial charge in [0.15, 0.2) is 0 Å². The maximum Gasteiger partial charge on any atom is 0.227 e. The topological polar surface area (TPSA) is 50.4 Å². The maximum atomic E-state index is 12.0. The number of hydrogen-bond donors (Lipinski definition) is 2. The SMILES string of the molecule is O=C(CC1CNCCO1)Nc1ccc2ccccc2c1. The Hall–Kier alpha value is -1.91. The van der Waals surface area contributed by atoms with Crippen molar-refractivity contribution >= 4 is 22.4 Å². The Bertz CT molecular complexity index is 606. The van der Waals surface area contributed by atoms with Crippen molar-refractivity contribution in [3.8, 4) is 0 Å². The highest BCUT2D eigenvalue weighted by Gasteiger charge is 2.17. The summed E-state index contributed by atoms with van der Waals surface area (Å²) in [6, 6.07) is 14.0. The minimum Gasteiger partial charge on any atom is -0.375 e. The van der Waals surface area contributed by atoms with Crippen LogP contribution in [0.25, 0.3) is 10.8 Å². The third-order valence-electron chi connectivity index (χ3n) is 3.45. The highest BCUT2D eigenvalue weighted by Crippen LogP contribution is 2.19. The Morgan fingerprint density at radius 3 is 2.90 bits per heavy atom. The molecule has 104 valence electrons. The van der Waals surface area contributed by atoms with Crippen molar-refractivity contribution in [2.24, 2.45) is 0 Å². The third-order valence-corrected chi connectivity index (χ3v) is 3.45. The quantitative estimate of drug-likeness (QED) is 0.898. The standard InChI is InChI=1S/C16H18N2O2/c19-16(10-15-11-17-7-8-20-15)18-14-6-5-12-3-1-2-4-13(12)9-14/h1-6,9,15,17H,7-8,10-11H2,(H,18,19). The fourth-order valence-corrected chi connectivity index (χ4v) is 2.44. The van der Waals surface area contributed by atoms with Crippen molar-refractivity contribution in [1.29, 1.82) is 0 Å². The lowest BCUT2D eigenvalue weighted by atomic mass is 10.1. The summed E-state index contributed by atoms with van der Waals surface area (Å²) in [5.74, 6) is -0.00557. The van der Waals surface area contributed by atoms with Crippen LogP contribution in [0.3, 0.4) is 0 Å². The number of carbonyl (C=O) groups excluding carboxylic acids is 1.